The number of amides is 2. The van der Waals surface area contributed by atoms with E-state index in [1.807, 2.05) is 6.07 Å². The molecule has 0 radical (unpaired) electrons. The number of carbonyl (C=O) groups is 2. The summed E-state index contributed by atoms with van der Waals surface area (Å²) in [4.78, 5) is 31.9. The van der Waals surface area contributed by atoms with Crippen LogP contribution in [0.5, 0.6) is 5.75 Å². The predicted octanol–water partition coefficient (Wildman–Crippen LogP) is 4.29. The second kappa shape index (κ2) is 10.8. The maximum atomic E-state index is 13.2. The lowest BCUT2D eigenvalue weighted by molar-refractivity contribution is -0.134. The molecule has 0 unspecified atom stereocenters. The van der Waals surface area contributed by atoms with Crippen LogP contribution in [0.15, 0.2) is 47.8 Å². The monoisotopic (exact) mass is 505 g/mol. The van der Waals surface area contributed by atoms with Gasteiger partial charge >= 0.3 is 0 Å². The van der Waals surface area contributed by atoms with Crippen LogP contribution in [0.25, 0.3) is 0 Å². The van der Waals surface area contributed by atoms with Crippen LogP contribution >= 0.6 is 11.3 Å². The standard InChI is InChI=1S/C28H31N3O4S/c1-18-3-5-20(6-4-18)26-23-15-22(10-9-19(23)11-13-31(26)28(33)21-7-8-21)35-16-25-30-24(17-36-25)27(32)29-12-14-34-2/h3-6,9-10,15,17,21,26H,7-8,11-14,16H2,1-2H3,(H,29,32)/t26-/m1/s1. The minimum atomic E-state index is -0.218. The van der Waals surface area contributed by atoms with Crippen LogP contribution in [-0.2, 0) is 22.6 Å². The molecule has 1 fully saturated rings. The molecular weight excluding hydrogens is 474 g/mol. The smallest absolute Gasteiger partial charge is 0.270 e. The fraction of sp³-hybridized carbons (Fsp3) is 0.393. The summed E-state index contributed by atoms with van der Waals surface area (Å²) in [5, 5.41) is 5.24. The Kier molecular flexibility index (Phi) is 7.34. The molecular formula is C28H31N3O4S. The quantitative estimate of drug-likeness (QED) is 0.439. The van der Waals surface area contributed by atoms with Crippen LogP contribution in [0.1, 0.15) is 56.6 Å². The van der Waals surface area contributed by atoms with Gasteiger partial charge in [-0.1, -0.05) is 35.9 Å². The number of fused-ring (bicyclic) bond motifs is 1. The lowest BCUT2D eigenvalue weighted by Gasteiger charge is -2.38. The molecule has 36 heavy (non-hydrogen) atoms. The van der Waals surface area contributed by atoms with Crippen LogP contribution in [0.3, 0.4) is 0 Å². The summed E-state index contributed by atoms with van der Waals surface area (Å²) >= 11 is 1.40. The molecule has 1 aliphatic heterocycles. The van der Waals surface area contributed by atoms with Gasteiger partial charge in [0.25, 0.3) is 5.91 Å². The average molecular weight is 506 g/mol. The van der Waals surface area contributed by atoms with E-state index in [2.05, 4.69) is 58.5 Å². The van der Waals surface area contributed by atoms with Crippen molar-refractivity contribution in [2.45, 2.75) is 38.8 Å². The van der Waals surface area contributed by atoms with Crippen molar-refractivity contribution in [1.29, 1.82) is 0 Å². The zero-order chi connectivity index (χ0) is 25.1. The largest absolute Gasteiger partial charge is 0.486 e. The van der Waals surface area contributed by atoms with E-state index in [-0.39, 0.29) is 30.4 Å². The summed E-state index contributed by atoms with van der Waals surface area (Å²) < 4.78 is 11.1. The summed E-state index contributed by atoms with van der Waals surface area (Å²) in [7, 11) is 1.59. The van der Waals surface area contributed by atoms with Gasteiger partial charge in [0.2, 0.25) is 5.91 Å². The van der Waals surface area contributed by atoms with Gasteiger partial charge in [0.1, 0.15) is 23.1 Å². The number of hydrogen-bond donors (Lipinski definition) is 1. The number of nitrogens with zero attached hydrogens (tertiary/aromatic N) is 2. The maximum Gasteiger partial charge on any atom is 0.270 e. The first-order chi connectivity index (χ1) is 17.5. The highest BCUT2D eigenvalue weighted by Gasteiger charge is 2.39. The molecule has 1 N–H and O–H groups in total. The van der Waals surface area contributed by atoms with Crippen molar-refractivity contribution in [2.75, 3.05) is 26.8 Å². The Labute approximate surface area is 215 Å². The molecule has 7 nitrogen and oxygen atoms in total. The molecule has 8 heteroatoms. The lowest BCUT2D eigenvalue weighted by Crippen LogP contribution is -2.41. The highest BCUT2D eigenvalue weighted by atomic mass is 32.1. The highest BCUT2D eigenvalue weighted by Crippen LogP contribution is 2.41. The van der Waals surface area contributed by atoms with Gasteiger partial charge in [0.15, 0.2) is 0 Å². The van der Waals surface area contributed by atoms with Gasteiger partial charge in [0, 0.05) is 31.5 Å². The first-order valence-corrected chi connectivity index (χ1v) is 13.3. The molecule has 2 heterocycles. The number of carbonyl (C=O) groups excluding carboxylic acids is 2. The average Bonchev–Trinajstić information content (AvgIpc) is 3.64. The van der Waals surface area contributed by atoms with E-state index in [0.29, 0.717) is 18.8 Å². The zero-order valence-electron chi connectivity index (χ0n) is 20.7. The summed E-state index contributed by atoms with van der Waals surface area (Å²) in [5.41, 5.74) is 5.07. The van der Waals surface area contributed by atoms with E-state index in [4.69, 9.17) is 9.47 Å². The van der Waals surface area contributed by atoms with Crippen molar-refractivity contribution in [3.05, 3.63) is 80.8 Å². The number of benzene rings is 2. The minimum absolute atomic E-state index is 0.117. The first-order valence-electron chi connectivity index (χ1n) is 12.4. The van der Waals surface area contributed by atoms with Gasteiger partial charge in [-0.25, -0.2) is 4.98 Å². The van der Waals surface area contributed by atoms with Gasteiger partial charge in [-0.3, -0.25) is 9.59 Å². The van der Waals surface area contributed by atoms with Crippen LogP contribution in [-0.4, -0.2) is 48.5 Å². The Morgan fingerprint density at radius 3 is 2.72 bits per heavy atom. The summed E-state index contributed by atoms with van der Waals surface area (Å²) in [6.07, 6.45) is 2.82. The SMILES string of the molecule is COCCNC(=O)c1csc(COc2ccc3c(c2)[C@@H](c2ccc(C)cc2)N(C(=O)C2CC2)CC3)n1. The zero-order valence-corrected chi connectivity index (χ0v) is 21.5. The van der Waals surface area contributed by atoms with E-state index in [0.717, 1.165) is 47.7 Å². The van der Waals surface area contributed by atoms with Gasteiger partial charge < -0.3 is 19.7 Å². The fourth-order valence-corrected chi connectivity index (χ4v) is 5.26. The molecule has 1 aromatic heterocycles. The van der Waals surface area contributed by atoms with Crippen molar-refractivity contribution in [3.8, 4) is 5.75 Å². The van der Waals surface area contributed by atoms with E-state index in [9.17, 15) is 9.59 Å². The van der Waals surface area contributed by atoms with E-state index < -0.39 is 0 Å². The van der Waals surface area contributed by atoms with Gasteiger partial charge in [-0.2, -0.15) is 0 Å². The molecule has 1 saturated carbocycles. The summed E-state index contributed by atoms with van der Waals surface area (Å²) in [6, 6.07) is 14.5. The number of aryl methyl sites for hydroxylation is 1. The third-order valence-corrected chi connectivity index (χ3v) is 7.51. The van der Waals surface area contributed by atoms with Crippen molar-refractivity contribution in [2.24, 2.45) is 5.92 Å². The Bertz CT molecular complexity index is 1240. The van der Waals surface area contributed by atoms with Crippen molar-refractivity contribution < 1.29 is 19.1 Å². The topological polar surface area (TPSA) is 80.8 Å². The number of nitrogens with one attached hydrogen (secondary N) is 1. The molecule has 0 saturated heterocycles. The van der Waals surface area contributed by atoms with E-state index >= 15 is 0 Å². The number of ether oxygens (including phenoxy) is 2. The molecule has 5 rings (SSSR count). The molecule has 2 amide bonds. The number of hydrogen-bond acceptors (Lipinski definition) is 6. The number of thiazole rings is 1. The number of methoxy groups -OCH3 is 1. The van der Waals surface area contributed by atoms with E-state index in [1.165, 1.54) is 22.5 Å². The van der Waals surface area contributed by atoms with Gasteiger partial charge in [0.05, 0.1) is 12.6 Å². The molecule has 3 aromatic rings. The molecule has 0 bridgehead atoms. The van der Waals surface area contributed by atoms with Crippen LogP contribution < -0.4 is 10.1 Å². The second-order valence-electron chi connectivity index (χ2n) is 9.39. The molecule has 2 aliphatic rings. The third kappa shape index (κ3) is 5.44. The number of aromatic nitrogens is 1. The Balaban J connectivity index is 1.34. The summed E-state index contributed by atoms with van der Waals surface area (Å²) in [6.45, 7) is 3.97. The van der Waals surface area contributed by atoms with Gasteiger partial charge in [-0.15, -0.1) is 11.3 Å². The third-order valence-electron chi connectivity index (χ3n) is 6.69. The number of rotatable bonds is 9. The molecule has 188 valence electrons. The Hall–Kier alpha value is -3.23. The lowest BCUT2D eigenvalue weighted by atomic mass is 9.87. The Morgan fingerprint density at radius 1 is 1.17 bits per heavy atom. The molecule has 2 aromatic carbocycles. The molecule has 0 spiro atoms. The van der Waals surface area contributed by atoms with Gasteiger partial charge in [-0.05, 0) is 55.0 Å². The second-order valence-corrected chi connectivity index (χ2v) is 10.3. The highest BCUT2D eigenvalue weighted by molar-refractivity contribution is 7.09. The fourth-order valence-electron chi connectivity index (χ4n) is 4.58. The molecule has 1 atom stereocenters. The minimum Gasteiger partial charge on any atom is -0.486 e. The van der Waals surface area contributed by atoms with Crippen LogP contribution in [0, 0.1) is 12.8 Å². The van der Waals surface area contributed by atoms with E-state index in [1.54, 1.807) is 12.5 Å². The van der Waals surface area contributed by atoms with Crippen molar-refractivity contribution >= 4 is 23.2 Å². The van der Waals surface area contributed by atoms with Crippen molar-refractivity contribution in [3.63, 3.8) is 0 Å². The maximum absolute atomic E-state index is 13.2. The Morgan fingerprint density at radius 2 is 1.97 bits per heavy atom. The molecule has 1 aliphatic carbocycles. The van der Waals surface area contributed by atoms with Crippen molar-refractivity contribution in [1.82, 2.24) is 15.2 Å². The van der Waals surface area contributed by atoms with Crippen LogP contribution in [0.2, 0.25) is 0 Å². The van der Waals surface area contributed by atoms with Crippen LogP contribution in [0.4, 0.5) is 0 Å². The predicted molar refractivity (Wildman–Crippen MR) is 138 cm³/mol. The normalized spacial score (nSPS) is 16.9. The first kappa shape index (κ1) is 24.5. The summed E-state index contributed by atoms with van der Waals surface area (Å²) in [5.74, 6) is 0.943.